The molecule has 19 heavy (non-hydrogen) atoms. The summed E-state index contributed by atoms with van der Waals surface area (Å²) in [5.74, 6) is -0.810. The molecule has 9 nitrogen and oxygen atoms in total. The Morgan fingerprint density at radius 1 is 1.68 bits per heavy atom. The van der Waals surface area contributed by atoms with Crippen molar-refractivity contribution >= 4 is 33.9 Å². The zero-order chi connectivity index (χ0) is 14.6. The molecule has 0 spiro atoms. The van der Waals surface area contributed by atoms with Crippen LogP contribution in [-0.4, -0.2) is 63.1 Å². The van der Waals surface area contributed by atoms with E-state index < -0.39 is 35.6 Å². The van der Waals surface area contributed by atoms with E-state index in [2.05, 4.69) is 31.4 Å². The van der Waals surface area contributed by atoms with Gasteiger partial charge in [-0.2, -0.15) is 4.99 Å². The first-order valence-electron chi connectivity index (χ1n) is 5.02. The van der Waals surface area contributed by atoms with Crippen molar-refractivity contribution in [1.29, 1.82) is 5.41 Å². The molecule has 0 bridgehead atoms. The summed E-state index contributed by atoms with van der Waals surface area (Å²) in [6, 6.07) is 0. The maximum absolute atomic E-state index is 14.1. The Balaban J connectivity index is 2.84. The molecule has 1 rings (SSSR count). The minimum Gasteiger partial charge on any atom is -0.408 e. The molecule has 0 aromatic rings. The number of aliphatic hydroxyl groups is 2. The van der Waals surface area contributed by atoms with Crippen molar-refractivity contribution in [3.8, 4) is 0 Å². The number of hydrogen-bond acceptors (Lipinski definition) is 6. The first kappa shape index (κ1) is 15.8. The maximum Gasteiger partial charge on any atom is 0.263 e. The highest BCUT2D eigenvalue weighted by Gasteiger charge is 2.56. The largest absolute Gasteiger partial charge is 0.408 e. The average Bonchev–Trinajstić information content (AvgIpc) is 2.60. The van der Waals surface area contributed by atoms with Gasteiger partial charge in [0.25, 0.3) is 5.96 Å². The highest BCUT2D eigenvalue weighted by atomic mass is 79.9. The van der Waals surface area contributed by atoms with Crippen LogP contribution in [0.2, 0.25) is 0 Å². The molecule has 0 aromatic heterocycles. The third kappa shape index (κ3) is 3.37. The highest BCUT2D eigenvalue weighted by Crippen LogP contribution is 2.38. The van der Waals surface area contributed by atoms with Crippen LogP contribution in [0, 0.1) is 5.41 Å². The van der Waals surface area contributed by atoms with Gasteiger partial charge in [-0.05, 0) is 21.1 Å². The van der Waals surface area contributed by atoms with E-state index in [1.165, 1.54) is 0 Å². The lowest BCUT2D eigenvalue weighted by atomic mass is 10.1. The predicted octanol–water partition coefficient (Wildman–Crippen LogP) is -1.53. The number of nitrogens with two attached hydrogens (primary N) is 1. The molecule has 7 N–H and O–H groups in total. The number of ether oxygens (including phenoxy) is 1. The first-order chi connectivity index (χ1) is 8.86. The smallest absolute Gasteiger partial charge is 0.263 e. The number of guanidine groups is 1. The molecule has 1 fully saturated rings. The van der Waals surface area contributed by atoms with Gasteiger partial charge < -0.3 is 36.6 Å². The topological polar surface area (TPSA) is 157 Å². The average molecular weight is 342 g/mol. The van der Waals surface area contributed by atoms with Gasteiger partial charge in [-0.15, -0.1) is 0 Å². The fraction of sp³-hybridized carbons (Fsp3) is 0.625. The van der Waals surface area contributed by atoms with Gasteiger partial charge in [0.15, 0.2) is 6.23 Å². The standard InChI is InChI=1S/C8H13BrFN5O4/c9-8(10)5(17)3(2-16)19-6(8)14-7(15-18)13-4(12)1-11/h1,3,5-6,11,16-18H,2H2,(H3,12,13,14,15)/t3-,5-,6-,8-/m1/s1. The number of halogens is 2. The molecule has 0 radical (unpaired) electrons. The van der Waals surface area contributed by atoms with Gasteiger partial charge in [0, 0.05) is 0 Å². The number of aliphatic hydroxyl groups excluding tert-OH is 2. The van der Waals surface area contributed by atoms with Gasteiger partial charge in [0.05, 0.1) is 12.8 Å². The number of oxime groups is 1. The van der Waals surface area contributed by atoms with Crippen molar-refractivity contribution in [3.63, 3.8) is 0 Å². The van der Waals surface area contributed by atoms with E-state index in [1.54, 1.807) is 0 Å². The third-order valence-corrected chi connectivity index (χ3v) is 3.21. The lowest BCUT2D eigenvalue weighted by molar-refractivity contribution is -0.0261. The van der Waals surface area contributed by atoms with Crippen molar-refractivity contribution in [2.24, 2.45) is 15.9 Å². The molecular weight excluding hydrogens is 329 g/mol. The van der Waals surface area contributed by atoms with E-state index in [0.717, 1.165) is 0 Å². The van der Waals surface area contributed by atoms with E-state index in [9.17, 15) is 9.50 Å². The first-order valence-corrected chi connectivity index (χ1v) is 5.81. The molecule has 1 aliphatic heterocycles. The SMILES string of the molecule is N=C/C(N)=N\C(=N/O)N[C@@H]1O[C@H](CO)[C@@H](O)[C@]1(F)Br. The zero-order valence-corrected chi connectivity index (χ0v) is 11.1. The summed E-state index contributed by atoms with van der Waals surface area (Å²) in [5, 5.41) is 38.9. The predicted molar refractivity (Wildman–Crippen MR) is 67.3 cm³/mol. The van der Waals surface area contributed by atoms with Gasteiger partial charge in [0.2, 0.25) is 4.58 Å². The van der Waals surface area contributed by atoms with Crippen LogP contribution in [0.1, 0.15) is 0 Å². The van der Waals surface area contributed by atoms with E-state index in [-0.39, 0.29) is 5.84 Å². The second-order valence-electron chi connectivity index (χ2n) is 3.61. The van der Waals surface area contributed by atoms with Crippen LogP contribution in [0.15, 0.2) is 10.1 Å². The summed E-state index contributed by atoms with van der Waals surface area (Å²) in [7, 11) is 0. The molecule has 108 valence electrons. The van der Waals surface area contributed by atoms with E-state index >= 15 is 0 Å². The minimum atomic E-state index is -2.43. The molecule has 11 heteroatoms. The van der Waals surface area contributed by atoms with Crippen LogP contribution in [0.5, 0.6) is 0 Å². The van der Waals surface area contributed by atoms with Gasteiger partial charge in [0.1, 0.15) is 18.0 Å². The second kappa shape index (κ2) is 6.23. The zero-order valence-electron chi connectivity index (χ0n) is 9.49. The molecule has 1 heterocycles. The van der Waals surface area contributed by atoms with Crippen LogP contribution in [-0.2, 0) is 4.74 Å². The quantitative estimate of drug-likeness (QED) is 0.120. The van der Waals surface area contributed by atoms with Crippen molar-refractivity contribution in [3.05, 3.63) is 0 Å². The molecule has 0 saturated carbocycles. The molecule has 0 unspecified atom stereocenters. The molecule has 1 saturated heterocycles. The molecule has 0 aliphatic carbocycles. The van der Waals surface area contributed by atoms with Crippen molar-refractivity contribution in [1.82, 2.24) is 5.32 Å². The Morgan fingerprint density at radius 3 is 2.74 bits per heavy atom. The number of rotatable bonds is 3. The normalized spacial score (nSPS) is 36.3. The van der Waals surface area contributed by atoms with Gasteiger partial charge in [-0.1, -0.05) is 0 Å². The summed E-state index contributed by atoms with van der Waals surface area (Å²) < 4.78 is 16.7. The fourth-order valence-corrected chi connectivity index (χ4v) is 1.89. The Morgan fingerprint density at radius 2 is 2.32 bits per heavy atom. The maximum atomic E-state index is 14.1. The third-order valence-electron chi connectivity index (χ3n) is 2.32. The second-order valence-corrected chi connectivity index (χ2v) is 4.82. The number of amidine groups is 1. The monoisotopic (exact) mass is 341 g/mol. The Labute approximate surface area is 115 Å². The van der Waals surface area contributed by atoms with Gasteiger partial charge >= 0.3 is 0 Å². The van der Waals surface area contributed by atoms with Crippen molar-refractivity contribution in [2.45, 2.75) is 23.0 Å². The van der Waals surface area contributed by atoms with Crippen molar-refractivity contribution < 1.29 is 24.5 Å². The van der Waals surface area contributed by atoms with E-state index in [0.29, 0.717) is 6.21 Å². The molecule has 1 aliphatic rings. The summed E-state index contributed by atoms with van der Waals surface area (Å²) in [5.41, 5.74) is 5.21. The van der Waals surface area contributed by atoms with Crippen LogP contribution < -0.4 is 11.1 Å². The van der Waals surface area contributed by atoms with Crippen LogP contribution in [0.25, 0.3) is 0 Å². The number of hydrogen-bond donors (Lipinski definition) is 6. The summed E-state index contributed by atoms with van der Waals surface area (Å²) in [6.45, 7) is -0.603. The van der Waals surface area contributed by atoms with Crippen LogP contribution >= 0.6 is 15.9 Å². The minimum absolute atomic E-state index is 0.295. The van der Waals surface area contributed by atoms with E-state index in [1.807, 2.05) is 0 Å². The number of nitrogens with one attached hydrogen (secondary N) is 2. The molecule has 0 aromatic carbocycles. The summed E-state index contributed by atoms with van der Waals surface area (Å²) in [4.78, 5) is 3.45. The Kier molecular flexibility index (Phi) is 5.17. The lowest BCUT2D eigenvalue weighted by Gasteiger charge is -2.22. The van der Waals surface area contributed by atoms with Gasteiger partial charge in [-0.25, -0.2) is 4.39 Å². The number of nitrogens with zero attached hydrogens (tertiary/aromatic N) is 2. The van der Waals surface area contributed by atoms with Crippen LogP contribution in [0.4, 0.5) is 4.39 Å². The lowest BCUT2D eigenvalue weighted by Crippen LogP contribution is -2.48. The highest BCUT2D eigenvalue weighted by molar-refractivity contribution is 9.10. The van der Waals surface area contributed by atoms with Gasteiger partial charge in [-0.3, -0.25) is 0 Å². The Hall–Kier alpha value is -1.30. The molecule has 4 atom stereocenters. The Bertz CT molecular complexity index is 405. The number of alkyl halides is 2. The fourth-order valence-electron chi connectivity index (χ4n) is 1.37. The molecular formula is C8H13BrFN5O4. The van der Waals surface area contributed by atoms with Crippen LogP contribution in [0.3, 0.4) is 0 Å². The van der Waals surface area contributed by atoms with Crippen molar-refractivity contribution in [2.75, 3.05) is 6.61 Å². The summed E-state index contributed by atoms with van der Waals surface area (Å²) in [6.07, 6.45) is -3.59. The number of aliphatic imine (C=N–C) groups is 1. The summed E-state index contributed by atoms with van der Waals surface area (Å²) >= 11 is 2.62. The molecule has 0 amide bonds. The van der Waals surface area contributed by atoms with E-state index in [4.69, 9.17) is 26.2 Å².